The standard InChI is InChI=1S/C23H21N5O3/c1-15-8-9-18(16(2)12-15)26-20(29)14-27-19-7-5-11-25-21(19)22(30)28(23(27)31)13-17-6-3-4-10-24-17/h3-12H,13-14H2,1-2H3,(H,26,29). The highest BCUT2D eigenvalue weighted by Crippen LogP contribution is 2.16. The van der Waals surface area contributed by atoms with E-state index in [-0.39, 0.29) is 24.5 Å². The van der Waals surface area contributed by atoms with Crippen molar-refractivity contribution in [3.8, 4) is 0 Å². The summed E-state index contributed by atoms with van der Waals surface area (Å²) < 4.78 is 2.33. The normalized spacial score (nSPS) is 10.9. The Morgan fingerprint density at radius 2 is 1.77 bits per heavy atom. The molecule has 3 heterocycles. The van der Waals surface area contributed by atoms with Crippen molar-refractivity contribution >= 4 is 22.6 Å². The first kappa shape index (κ1) is 20.2. The van der Waals surface area contributed by atoms with Crippen LogP contribution in [0.15, 0.2) is 70.5 Å². The molecule has 0 atom stereocenters. The van der Waals surface area contributed by atoms with Gasteiger partial charge in [0.25, 0.3) is 5.56 Å². The zero-order valence-corrected chi connectivity index (χ0v) is 17.2. The monoisotopic (exact) mass is 415 g/mol. The molecule has 1 N–H and O–H groups in total. The highest BCUT2D eigenvalue weighted by atomic mass is 16.2. The molecule has 31 heavy (non-hydrogen) atoms. The SMILES string of the molecule is Cc1ccc(NC(=O)Cn2c(=O)n(Cc3ccccn3)c(=O)c3ncccc32)c(C)c1. The van der Waals surface area contributed by atoms with Gasteiger partial charge in [0.05, 0.1) is 17.8 Å². The van der Waals surface area contributed by atoms with Gasteiger partial charge in [0.1, 0.15) is 6.54 Å². The first-order valence-electron chi connectivity index (χ1n) is 9.79. The van der Waals surface area contributed by atoms with Crippen LogP contribution in [-0.4, -0.2) is 25.0 Å². The molecule has 0 saturated carbocycles. The summed E-state index contributed by atoms with van der Waals surface area (Å²) in [4.78, 5) is 47.2. The average Bonchev–Trinajstić information content (AvgIpc) is 2.77. The summed E-state index contributed by atoms with van der Waals surface area (Å²) >= 11 is 0. The summed E-state index contributed by atoms with van der Waals surface area (Å²) in [5, 5.41) is 2.84. The molecule has 0 saturated heterocycles. The smallest absolute Gasteiger partial charge is 0.324 e. The van der Waals surface area contributed by atoms with Crippen molar-refractivity contribution in [3.05, 3.63) is 98.6 Å². The molecule has 0 aliphatic rings. The number of nitrogens with one attached hydrogen (secondary N) is 1. The van der Waals surface area contributed by atoms with E-state index in [1.165, 1.54) is 10.8 Å². The van der Waals surface area contributed by atoms with Crippen LogP contribution in [-0.2, 0) is 17.9 Å². The predicted molar refractivity (Wildman–Crippen MR) is 118 cm³/mol. The lowest BCUT2D eigenvalue weighted by Crippen LogP contribution is -2.42. The van der Waals surface area contributed by atoms with Crippen LogP contribution in [0, 0.1) is 13.8 Å². The second kappa shape index (κ2) is 8.35. The number of hydrogen-bond acceptors (Lipinski definition) is 5. The zero-order valence-electron chi connectivity index (χ0n) is 17.2. The summed E-state index contributed by atoms with van der Waals surface area (Å²) in [6.45, 7) is 3.61. The van der Waals surface area contributed by atoms with Crippen LogP contribution in [0.3, 0.4) is 0 Å². The largest absolute Gasteiger partial charge is 0.332 e. The van der Waals surface area contributed by atoms with Gasteiger partial charge in [-0.15, -0.1) is 0 Å². The number of rotatable bonds is 5. The van der Waals surface area contributed by atoms with Crippen LogP contribution >= 0.6 is 0 Å². The van der Waals surface area contributed by atoms with E-state index in [1.54, 1.807) is 36.5 Å². The van der Waals surface area contributed by atoms with Crippen LogP contribution < -0.4 is 16.6 Å². The summed E-state index contributed by atoms with van der Waals surface area (Å²) in [5.41, 5.74) is 2.57. The van der Waals surface area contributed by atoms with E-state index in [9.17, 15) is 14.4 Å². The molecule has 0 bridgehead atoms. The van der Waals surface area contributed by atoms with Crippen molar-refractivity contribution in [1.29, 1.82) is 0 Å². The second-order valence-corrected chi connectivity index (χ2v) is 7.32. The minimum absolute atomic E-state index is 0.0102. The number of carbonyl (C=O) groups is 1. The fourth-order valence-corrected chi connectivity index (χ4v) is 3.48. The van der Waals surface area contributed by atoms with Crippen molar-refractivity contribution in [1.82, 2.24) is 19.1 Å². The van der Waals surface area contributed by atoms with Gasteiger partial charge in [-0.25, -0.2) is 9.78 Å². The molecular formula is C23H21N5O3. The van der Waals surface area contributed by atoms with Crippen LogP contribution in [0.5, 0.6) is 0 Å². The Labute approximate surface area is 177 Å². The molecule has 0 aliphatic carbocycles. The Kier molecular flexibility index (Phi) is 5.44. The lowest BCUT2D eigenvalue weighted by Gasteiger charge is -2.14. The summed E-state index contributed by atoms with van der Waals surface area (Å²) in [6, 6.07) is 14.2. The highest BCUT2D eigenvalue weighted by molar-refractivity contribution is 5.92. The molecule has 1 amide bonds. The van der Waals surface area contributed by atoms with Gasteiger partial charge in [0.2, 0.25) is 5.91 Å². The molecule has 4 aromatic rings. The number of amides is 1. The fourth-order valence-electron chi connectivity index (χ4n) is 3.48. The van der Waals surface area contributed by atoms with Gasteiger partial charge in [0, 0.05) is 18.1 Å². The molecule has 0 unspecified atom stereocenters. The Bertz CT molecular complexity index is 1390. The van der Waals surface area contributed by atoms with Gasteiger partial charge in [-0.2, -0.15) is 0 Å². The van der Waals surface area contributed by atoms with E-state index < -0.39 is 11.2 Å². The van der Waals surface area contributed by atoms with E-state index in [0.29, 0.717) is 16.9 Å². The lowest BCUT2D eigenvalue weighted by molar-refractivity contribution is -0.116. The molecule has 0 fully saturated rings. The van der Waals surface area contributed by atoms with E-state index in [1.807, 2.05) is 32.0 Å². The molecule has 156 valence electrons. The lowest BCUT2D eigenvalue weighted by atomic mass is 10.1. The van der Waals surface area contributed by atoms with Crippen molar-refractivity contribution in [2.45, 2.75) is 26.9 Å². The van der Waals surface area contributed by atoms with Crippen LogP contribution in [0.2, 0.25) is 0 Å². The number of aryl methyl sites for hydroxylation is 2. The van der Waals surface area contributed by atoms with Crippen molar-refractivity contribution < 1.29 is 4.79 Å². The Morgan fingerprint density at radius 3 is 2.52 bits per heavy atom. The quantitative estimate of drug-likeness (QED) is 0.539. The first-order valence-corrected chi connectivity index (χ1v) is 9.79. The maximum atomic E-state index is 13.2. The van der Waals surface area contributed by atoms with Gasteiger partial charge in [0.15, 0.2) is 5.52 Å². The van der Waals surface area contributed by atoms with Crippen molar-refractivity contribution in [2.75, 3.05) is 5.32 Å². The Balaban J connectivity index is 1.75. The Morgan fingerprint density at radius 1 is 0.968 bits per heavy atom. The molecule has 0 aliphatic heterocycles. The van der Waals surface area contributed by atoms with Gasteiger partial charge in [-0.1, -0.05) is 23.8 Å². The minimum atomic E-state index is -0.591. The number of carbonyl (C=O) groups excluding carboxylic acids is 1. The zero-order chi connectivity index (χ0) is 22.0. The fraction of sp³-hybridized carbons (Fsp3) is 0.174. The third-order valence-corrected chi connectivity index (χ3v) is 4.99. The molecule has 8 heteroatoms. The average molecular weight is 415 g/mol. The van der Waals surface area contributed by atoms with Crippen molar-refractivity contribution in [2.24, 2.45) is 0 Å². The number of aromatic nitrogens is 4. The van der Waals surface area contributed by atoms with Gasteiger partial charge >= 0.3 is 5.69 Å². The number of nitrogens with zero attached hydrogens (tertiary/aromatic N) is 4. The molecular weight excluding hydrogens is 394 g/mol. The van der Waals surface area contributed by atoms with Gasteiger partial charge < -0.3 is 5.32 Å². The Hall–Kier alpha value is -4.07. The minimum Gasteiger partial charge on any atom is -0.324 e. The summed E-state index contributed by atoms with van der Waals surface area (Å²) in [6.07, 6.45) is 3.08. The third-order valence-electron chi connectivity index (χ3n) is 4.99. The number of fused-ring (bicyclic) bond motifs is 1. The molecule has 3 aromatic heterocycles. The van der Waals surface area contributed by atoms with E-state index in [2.05, 4.69) is 15.3 Å². The van der Waals surface area contributed by atoms with Crippen LogP contribution in [0.25, 0.3) is 11.0 Å². The van der Waals surface area contributed by atoms with Crippen LogP contribution in [0.4, 0.5) is 5.69 Å². The first-order chi connectivity index (χ1) is 14.9. The predicted octanol–water partition coefficient (Wildman–Crippen LogP) is 2.26. The summed E-state index contributed by atoms with van der Waals surface area (Å²) in [5.74, 6) is -0.373. The van der Waals surface area contributed by atoms with Gasteiger partial charge in [-0.3, -0.25) is 23.7 Å². The number of pyridine rings is 2. The maximum Gasteiger partial charge on any atom is 0.332 e. The van der Waals surface area contributed by atoms with E-state index in [0.717, 1.165) is 15.7 Å². The maximum absolute atomic E-state index is 13.2. The van der Waals surface area contributed by atoms with Crippen molar-refractivity contribution in [3.63, 3.8) is 0 Å². The van der Waals surface area contributed by atoms with E-state index in [4.69, 9.17) is 0 Å². The number of benzene rings is 1. The molecule has 0 spiro atoms. The number of anilines is 1. The third kappa shape index (κ3) is 4.13. The topological polar surface area (TPSA) is 98.9 Å². The molecule has 8 nitrogen and oxygen atoms in total. The van der Waals surface area contributed by atoms with Gasteiger partial charge in [-0.05, 0) is 49.7 Å². The highest BCUT2D eigenvalue weighted by Gasteiger charge is 2.17. The second-order valence-electron chi connectivity index (χ2n) is 7.32. The molecule has 4 rings (SSSR count). The summed E-state index contributed by atoms with van der Waals surface area (Å²) in [7, 11) is 0. The molecule has 1 aromatic carbocycles. The van der Waals surface area contributed by atoms with Crippen LogP contribution in [0.1, 0.15) is 16.8 Å². The number of hydrogen-bond donors (Lipinski definition) is 1. The molecule has 0 radical (unpaired) electrons. The van der Waals surface area contributed by atoms with E-state index >= 15 is 0 Å².